The van der Waals surface area contributed by atoms with Gasteiger partial charge in [-0.15, -0.1) is 0 Å². The van der Waals surface area contributed by atoms with Gasteiger partial charge < -0.3 is 15.2 Å². The summed E-state index contributed by atoms with van der Waals surface area (Å²) in [5.41, 5.74) is 1.74. The summed E-state index contributed by atoms with van der Waals surface area (Å²) < 4.78 is 9.19. The van der Waals surface area contributed by atoms with Gasteiger partial charge in [-0.1, -0.05) is 18.2 Å². The van der Waals surface area contributed by atoms with Crippen LogP contribution in [0.3, 0.4) is 0 Å². The second-order valence-electron chi connectivity index (χ2n) is 14.4. The van der Waals surface area contributed by atoms with Crippen LogP contribution in [0, 0.1) is 17.3 Å². The topological polar surface area (TPSA) is 111 Å². The number of hydrogen-bond donors (Lipinski definition) is 2. The fourth-order valence-electron chi connectivity index (χ4n) is 7.74. The number of pyridine rings is 1. The highest BCUT2D eigenvalue weighted by molar-refractivity contribution is 6.00. The second kappa shape index (κ2) is 9.64. The molecule has 1 amide bonds. The van der Waals surface area contributed by atoms with E-state index in [-0.39, 0.29) is 35.6 Å². The van der Waals surface area contributed by atoms with E-state index < -0.39 is 5.60 Å². The minimum absolute atomic E-state index is 0.0779. The molecule has 0 unspecified atom stereocenters. The molecule has 0 saturated heterocycles. The molecule has 3 heterocycles. The van der Waals surface area contributed by atoms with E-state index in [1.165, 1.54) is 25.7 Å². The zero-order chi connectivity index (χ0) is 29.5. The van der Waals surface area contributed by atoms with Crippen LogP contribution in [0.5, 0.6) is 5.75 Å². The van der Waals surface area contributed by atoms with E-state index in [1.807, 2.05) is 28.9 Å². The highest BCUT2D eigenvalue weighted by Crippen LogP contribution is 2.62. The van der Waals surface area contributed by atoms with E-state index in [4.69, 9.17) is 9.84 Å². The number of carbonyl (C=O) groups excluding carboxylic acids is 1. The molecule has 1 aromatic carbocycles. The van der Waals surface area contributed by atoms with Crippen LogP contribution in [-0.2, 0) is 0 Å². The lowest BCUT2D eigenvalue weighted by molar-refractivity contribution is -0.0199. The summed E-state index contributed by atoms with van der Waals surface area (Å²) in [6, 6.07) is 12.1. The molecule has 4 fully saturated rings. The molecular formula is C34H39N5O4. The largest absolute Gasteiger partial charge is 0.489 e. The quantitative estimate of drug-likeness (QED) is 0.288. The Morgan fingerprint density at radius 3 is 2.44 bits per heavy atom. The molecule has 0 atom stereocenters. The fourth-order valence-corrected chi connectivity index (χ4v) is 7.74. The lowest BCUT2D eigenvalue weighted by Crippen LogP contribution is -2.55. The number of fused-ring (bicyclic) bond motifs is 2. The van der Waals surface area contributed by atoms with Crippen molar-refractivity contribution < 1.29 is 14.6 Å². The number of amides is 1. The molecule has 3 aromatic heterocycles. The smallest absolute Gasteiger partial charge is 0.274 e. The van der Waals surface area contributed by atoms with Crippen molar-refractivity contribution >= 4 is 22.2 Å². The van der Waals surface area contributed by atoms with Crippen LogP contribution < -0.4 is 15.6 Å². The van der Waals surface area contributed by atoms with Crippen LogP contribution in [-0.4, -0.2) is 48.7 Å². The number of ether oxygens (including phenoxy) is 1. The van der Waals surface area contributed by atoms with Gasteiger partial charge in [0, 0.05) is 17.3 Å². The number of nitrogens with zero attached hydrogens (tertiary/aromatic N) is 4. The summed E-state index contributed by atoms with van der Waals surface area (Å²) in [5.74, 6) is 2.04. The van der Waals surface area contributed by atoms with Crippen molar-refractivity contribution in [3.8, 4) is 5.75 Å². The molecule has 224 valence electrons. The van der Waals surface area contributed by atoms with Gasteiger partial charge in [0.25, 0.3) is 11.5 Å². The first-order valence-electron chi connectivity index (χ1n) is 15.8. The van der Waals surface area contributed by atoms with Gasteiger partial charge in [-0.3, -0.25) is 9.59 Å². The van der Waals surface area contributed by atoms with Gasteiger partial charge in [-0.25, -0.2) is 9.20 Å². The molecule has 9 heteroatoms. The van der Waals surface area contributed by atoms with Gasteiger partial charge in [-0.2, -0.15) is 10.2 Å². The van der Waals surface area contributed by atoms with Crippen LogP contribution in [0.2, 0.25) is 0 Å². The van der Waals surface area contributed by atoms with E-state index in [9.17, 15) is 14.7 Å². The van der Waals surface area contributed by atoms with Gasteiger partial charge in [0.1, 0.15) is 12.4 Å². The predicted molar refractivity (Wildman–Crippen MR) is 162 cm³/mol. The minimum Gasteiger partial charge on any atom is -0.489 e. The first-order valence-corrected chi connectivity index (χ1v) is 15.8. The van der Waals surface area contributed by atoms with E-state index in [0.717, 1.165) is 47.7 Å². The number of benzene rings is 1. The third-order valence-corrected chi connectivity index (χ3v) is 10.1. The molecule has 43 heavy (non-hydrogen) atoms. The van der Waals surface area contributed by atoms with E-state index in [0.29, 0.717) is 29.1 Å². The highest BCUT2D eigenvalue weighted by atomic mass is 16.5. The summed E-state index contributed by atoms with van der Waals surface area (Å²) in [4.78, 5) is 26.8. The maximum absolute atomic E-state index is 13.6. The minimum atomic E-state index is -0.937. The zero-order valence-corrected chi connectivity index (χ0v) is 24.8. The number of carbonyl (C=O) groups is 1. The second-order valence-corrected chi connectivity index (χ2v) is 14.4. The monoisotopic (exact) mass is 581 g/mol. The van der Waals surface area contributed by atoms with Crippen molar-refractivity contribution in [2.75, 3.05) is 6.61 Å². The molecule has 4 aliphatic rings. The normalized spacial score (nSPS) is 25.2. The lowest BCUT2D eigenvalue weighted by Gasteiger charge is -2.57. The van der Waals surface area contributed by atoms with Crippen molar-refractivity contribution in [3.05, 3.63) is 70.4 Å². The van der Waals surface area contributed by atoms with Crippen molar-refractivity contribution in [2.45, 2.75) is 88.8 Å². The van der Waals surface area contributed by atoms with E-state index >= 15 is 0 Å². The predicted octanol–water partition coefficient (Wildman–Crippen LogP) is 5.01. The van der Waals surface area contributed by atoms with Crippen LogP contribution in [0.1, 0.15) is 93.2 Å². The van der Waals surface area contributed by atoms with Crippen molar-refractivity contribution in [1.82, 2.24) is 24.7 Å². The first kappa shape index (κ1) is 26.9. The Balaban J connectivity index is 0.936. The maximum Gasteiger partial charge on any atom is 0.274 e. The summed E-state index contributed by atoms with van der Waals surface area (Å²) >= 11 is 0. The maximum atomic E-state index is 13.6. The van der Waals surface area contributed by atoms with E-state index in [2.05, 4.69) is 16.5 Å². The molecule has 4 aromatic rings. The van der Waals surface area contributed by atoms with Crippen molar-refractivity contribution in [2.24, 2.45) is 17.3 Å². The molecule has 1 spiro atoms. The third-order valence-electron chi connectivity index (χ3n) is 10.1. The van der Waals surface area contributed by atoms with Gasteiger partial charge in [0.15, 0.2) is 0 Å². The molecule has 0 aliphatic heterocycles. The molecule has 0 radical (unpaired) electrons. The van der Waals surface area contributed by atoms with Gasteiger partial charge in [-0.05, 0) is 101 Å². The Kier molecular flexibility index (Phi) is 6.03. The SMILES string of the molecule is CC(C)(O)COc1ccc2c(C(=O)N[C@H]3CC4(C3)C[C@H](c3nn(C(C5CC5)C5CC5)c(=O)c5ccccc53)C4)cnn2c1. The van der Waals surface area contributed by atoms with Crippen LogP contribution in [0.4, 0.5) is 0 Å². The van der Waals surface area contributed by atoms with Crippen LogP contribution in [0.25, 0.3) is 16.3 Å². The van der Waals surface area contributed by atoms with Gasteiger partial charge in [0.2, 0.25) is 0 Å². The Bertz CT molecular complexity index is 1770. The number of aliphatic hydroxyl groups is 1. The number of hydrogen-bond acceptors (Lipinski definition) is 6. The fraction of sp³-hybridized carbons (Fsp3) is 0.529. The average Bonchev–Trinajstić information content (AvgIpc) is 3.88. The molecule has 0 bridgehead atoms. The Labute approximate surface area is 250 Å². The molecule has 2 N–H and O–H groups in total. The highest BCUT2D eigenvalue weighted by Gasteiger charge is 2.54. The Morgan fingerprint density at radius 1 is 1.07 bits per heavy atom. The van der Waals surface area contributed by atoms with Crippen LogP contribution >= 0.6 is 0 Å². The standard InChI is InChI=1S/C34H39N5O4/c1-33(2,42)19-43-24-11-12-28-27(17-35-38(28)18-24)31(40)36-23-15-34(16-23)13-22(14-34)29-25-5-3-4-6-26(25)32(41)39(37-29)30(20-7-8-20)21-9-10-21/h3-6,11-12,17-18,20-23,30,42H,7-10,13-16,19H2,1-2H3,(H,36,40)/t22-,23-,34?. The van der Waals surface area contributed by atoms with Crippen LogP contribution in [0.15, 0.2) is 53.6 Å². The molecule has 9 nitrogen and oxygen atoms in total. The van der Waals surface area contributed by atoms with Gasteiger partial charge in [0.05, 0.1) is 46.2 Å². The molecule has 4 saturated carbocycles. The number of rotatable bonds is 9. The molecule has 4 aliphatic carbocycles. The first-order chi connectivity index (χ1) is 20.7. The van der Waals surface area contributed by atoms with Crippen molar-refractivity contribution in [3.63, 3.8) is 0 Å². The summed E-state index contributed by atoms with van der Waals surface area (Å²) in [5, 5.41) is 24.5. The number of aromatic nitrogens is 4. The molecule has 8 rings (SSSR count). The Morgan fingerprint density at radius 2 is 1.77 bits per heavy atom. The zero-order valence-electron chi connectivity index (χ0n) is 24.8. The average molecular weight is 582 g/mol. The van der Waals surface area contributed by atoms with E-state index in [1.54, 1.807) is 36.8 Å². The lowest BCUT2D eigenvalue weighted by atomic mass is 9.49. The number of nitrogens with one attached hydrogen (secondary N) is 1. The molecular weight excluding hydrogens is 542 g/mol. The van der Waals surface area contributed by atoms with Gasteiger partial charge >= 0.3 is 0 Å². The van der Waals surface area contributed by atoms with Crippen molar-refractivity contribution in [1.29, 1.82) is 0 Å². The third kappa shape index (κ3) is 4.91. The summed E-state index contributed by atoms with van der Waals surface area (Å²) in [7, 11) is 0. The summed E-state index contributed by atoms with van der Waals surface area (Å²) in [6.07, 6.45) is 12.2. The Hall–Kier alpha value is -3.72. The summed E-state index contributed by atoms with van der Waals surface area (Å²) in [6.45, 7) is 3.54.